The molecule has 2 aromatic rings. The number of nitrogens with zero attached hydrogens (tertiary/aromatic N) is 2. The van der Waals surface area contributed by atoms with Crippen molar-refractivity contribution in [2.24, 2.45) is 0 Å². The van der Waals surface area contributed by atoms with E-state index >= 15 is 0 Å². The van der Waals surface area contributed by atoms with Crippen molar-refractivity contribution in [1.29, 1.82) is 0 Å². The monoisotopic (exact) mass is 285 g/mol. The molecule has 1 aromatic heterocycles. The summed E-state index contributed by atoms with van der Waals surface area (Å²) in [5.74, 6) is -0.728. The highest BCUT2D eigenvalue weighted by molar-refractivity contribution is 6.30. The summed E-state index contributed by atoms with van der Waals surface area (Å²) in [6, 6.07) is 3.97. The molecule has 0 spiro atoms. The van der Waals surface area contributed by atoms with Gasteiger partial charge in [-0.15, -0.1) is 0 Å². The number of halogens is 3. The third-order valence-electron chi connectivity index (χ3n) is 2.25. The van der Waals surface area contributed by atoms with Gasteiger partial charge in [-0.2, -0.15) is 0 Å². The van der Waals surface area contributed by atoms with Crippen LogP contribution >= 0.6 is 23.2 Å². The SMILES string of the molecule is Nc1nc(Cl)nc(-c2ccc(Cl)cc2F)c1C=O. The molecular weight excluding hydrogens is 280 g/mol. The first-order valence-corrected chi connectivity index (χ1v) is 5.52. The summed E-state index contributed by atoms with van der Waals surface area (Å²) < 4.78 is 13.8. The summed E-state index contributed by atoms with van der Waals surface area (Å²) in [6.07, 6.45) is 0.453. The van der Waals surface area contributed by atoms with Gasteiger partial charge in [0.15, 0.2) is 6.29 Å². The number of benzene rings is 1. The number of aromatic nitrogens is 2. The molecule has 1 aromatic carbocycles. The fourth-order valence-electron chi connectivity index (χ4n) is 1.46. The fourth-order valence-corrected chi connectivity index (χ4v) is 1.80. The molecule has 0 unspecified atom stereocenters. The van der Waals surface area contributed by atoms with Gasteiger partial charge in [0.05, 0.1) is 11.3 Å². The number of nitrogens with two attached hydrogens (primary N) is 1. The van der Waals surface area contributed by atoms with Gasteiger partial charge in [0.1, 0.15) is 11.6 Å². The zero-order valence-electron chi connectivity index (χ0n) is 8.82. The second-order valence-electron chi connectivity index (χ2n) is 3.38. The van der Waals surface area contributed by atoms with Crippen LogP contribution in [0.5, 0.6) is 0 Å². The van der Waals surface area contributed by atoms with E-state index in [-0.39, 0.29) is 32.9 Å². The molecular formula is C11H6Cl2FN3O. The van der Waals surface area contributed by atoms with E-state index in [2.05, 4.69) is 9.97 Å². The van der Waals surface area contributed by atoms with E-state index in [9.17, 15) is 9.18 Å². The molecule has 0 atom stereocenters. The maximum absolute atomic E-state index is 13.8. The van der Waals surface area contributed by atoms with Gasteiger partial charge in [0.25, 0.3) is 0 Å². The van der Waals surface area contributed by atoms with Gasteiger partial charge in [-0.3, -0.25) is 4.79 Å². The predicted molar refractivity (Wildman–Crippen MR) is 67.2 cm³/mol. The van der Waals surface area contributed by atoms with Crippen molar-refractivity contribution in [2.75, 3.05) is 5.73 Å². The second-order valence-corrected chi connectivity index (χ2v) is 4.16. The van der Waals surface area contributed by atoms with Gasteiger partial charge in [-0.1, -0.05) is 11.6 Å². The van der Waals surface area contributed by atoms with Crippen molar-refractivity contribution in [2.45, 2.75) is 0 Å². The van der Waals surface area contributed by atoms with Crippen molar-refractivity contribution in [3.8, 4) is 11.3 Å². The standard InChI is InChI=1S/C11H6Cl2FN3O/c12-5-1-2-6(8(14)3-5)9-7(4-18)10(15)17-11(13)16-9/h1-4H,(H2,15,16,17). The minimum atomic E-state index is -0.625. The lowest BCUT2D eigenvalue weighted by atomic mass is 10.1. The van der Waals surface area contributed by atoms with Crippen LogP contribution in [0.15, 0.2) is 18.2 Å². The molecule has 2 rings (SSSR count). The maximum atomic E-state index is 13.8. The van der Waals surface area contributed by atoms with Crippen molar-refractivity contribution >= 4 is 35.3 Å². The largest absolute Gasteiger partial charge is 0.383 e. The average Bonchev–Trinajstić information content (AvgIpc) is 2.28. The molecule has 0 amide bonds. The van der Waals surface area contributed by atoms with Gasteiger partial charge < -0.3 is 5.73 Å². The highest BCUT2D eigenvalue weighted by Gasteiger charge is 2.16. The third kappa shape index (κ3) is 2.27. The number of carbonyl (C=O) groups excluding carboxylic acids is 1. The summed E-state index contributed by atoms with van der Waals surface area (Å²) >= 11 is 11.3. The van der Waals surface area contributed by atoms with Gasteiger partial charge >= 0.3 is 0 Å². The average molecular weight is 286 g/mol. The molecule has 0 saturated carbocycles. The minimum absolute atomic E-state index is 0.0133. The van der Waals surface area contributed by atoms with E-state index < -0.39 is 5.82 Å². The maximum Gasteiger partial charge on any atom is 0.224 e. The molecule has 0 bridgehead atoms. The molecule has 0 aliphatic rings. The lowest BCUT2D eigenvalue weighted by molar-refractivity contribution is 0.112. The van der Waals surface area contributed by atoms with Crippen LogP contribution in [-0.2, 0) is 0 Å². The Morgan fingerprint density at radius 3 is 2.61 bits per heavy atom. The zero-order valence-corrected chi connectivity index (χ0v) is 10.3. The Morgan fingerprint density at radius 2 is 2.00 bits per heavy atom. The lowest BCUT2D eigenvalue weighted by Crippen LogP contribution is -2.03. The van der Waals surface area contributed by atoms with Gasteiger partial charge in [0.2, 0.25) is 5.28 Å². The summed E-state index contributed by atoms with van der Waals surface area (Å²) in [5, 5.41) is 0.0690. The van der Waals surface area contributed by atoms with Crippen LogP contribution in [0.25, 0.3) is 11.3 Å². The molecule has 7 heteroatoms. The topological polar surface area (TPSA) is 68.9 Å². The quantitative estimate of drug-likeness (QED) is 0.680. The van der Waals surface area contributed by atoms with Gasteiger partial charge in [-0.25, -0.2) is 14.4 Å². The first kappa shape index (κ1) is 12.7. The Balaban J connectivity index is 2.73. The van der Waals surface area contributed by atoms with Crippen LogP contribution in [0.3, 0.4) is 0 Å². The van der Waals surface area contributed by atoms with E-state index in [4.69, 9.17) is 28.9 Å². The number of hydrogen-bond donors (Lipinski definition) is 1. The fraction of sp³-hybridized carbons (Fsp3) is 0. The van der Waals surface area contributed by atoms with E-state index in [0.717, 1.165) is 6.07 Å². The highest BCUT2D eigenvalue weighted by atomic mass is 35.5. The summed E-state index contributed by atoms with van der Waals surface area (Å²) in [4.78, 5) is 18.4. The number of nitrogen functional groups attached to an aromatic ring is 1. The normalized spacial score (nSPS) is 10.4. The summed E-state index contributed by atoms with van der Waals surface area (Å²) in [6.45, 7) is 0. The Morgan fingerprint density at radius 1 is 1.28 bits per heavy atom. The third-order valence-corrected chi connectivity index (χ3v) is 2.66. The molecule has 0 aliphatic carbocycles. The number of hydrogen-bond acceptors (Lipinski definition) is 4. The first-order chi connectivity index (χ1) is 8.52. The summed E-state index contributed by atoms with van der Waals surface area (Å²) in [5.41, 5.74) is 5.64. The van der Waals surface area contributed by atoms with Crippen LogP contribution in [-0.4, -0.2) is 16.3 Å². The summed E-state index contributed by atoms with van der Waals surface area (Å²) in [7, 11) is 0. The number of carbonyl (C=O) groups is 1. The highest BCUT2D eigenvalue weighted by Crippen LogP contribution is 2.28. The van der Waals surface area contributed by atoms with E-state index in [1.54, 1.807) is 0 Å². The molecule has 2 N–H and O–H groups in total. The Bertz CT molecular complexity index is 634. The molecule has 18 heavy (non-hydrogen) atoms. The van der Waals surface area contributed by atoms with Crippen LogP contribution < -0.4 is 5.73 Å². The first-order valence-electron chi connectivity index (χ1n) is 4.76. The lowest BCUT2D eigenvalue weighted by Gasteiger charge is -2.08. The van der Waals surface area contributed by atoms with Crippen LogP contribution in [0.4, 0.5) is 10.2 Å². The Kier molecular flexibility index (Phi) is 3.45. The number of aldehydes is 1. The van der Waals surface area contributed by atoms with Crippen LogP contribution in [0.2, 0.25) is 10.3 Å². The Hall–Kier alpha value is -1.72. The van der Waals surface area contributed by atoms with E-state index in [1.807, 2.05) is 0 Å². The molecule has 0 radical (unpaired) electrons. The number of rotatable bonds is 2. The van der Waals surface area contributed by atoms with Crippen molar-refractivity contribution in [3.05, 3.63) is 39.9 Å². The molecule has 0 fully saturated rings. The smallest absolute Gasteiger partial charge is 0.224 e. The Labute approximate surface area is 112 Å². The van der Waals surface area contributed by atoms with Crippen molar-refractivity contribution in [3.63, 3.8) is 0 Å². The molecule has 0 saturated heterocycles. The van der Waals surface area contributed by atoms with Crippen LogP contribution in [0.1, 0.15) is 10.4 Å². The molecule has 1 heterocycles. The molecule has 4 nitrogen and oxygen atoms in total. The van der Waals surface area contributed by atoms with Crippen molar-refractivity contribution < 1.29 is 9.18 Å². The van der Waals surface area contributed by atoms with E-state index in [1.165, 1.54) is 12.1 Å². The molecule has 0 aliphatic heterocycles. The van der Waals surface area contributed by atoms with Crippen LogP contribution in [0, 0.1) is 5.82 Å². The van der Waals surface area contributed by atoms with E-state index in [0.29, 0.717) is 6.29 Å². The van der Waals surface area contributed by atoms with Crippen molar-refractivity contribution in [1.82, 2.24) is 9.97 Å². The number of anilines is 1. The second kappa shape index (κ2) is 4.88. The van der Waals surface area contributed by atoms with Gasteiger partial charge in [-0.05, 0) is 29.8 Å². The predicted octanol–water partition coefficient (Wildman–Crippen LogP) is 2.98. The molecule has 92 valence electrons. The van der Waals surface area contributed by atoms with Gasteiger partial charge in [0, 0.05) is 10.6 Å². The minimum Gasteiger partial charge on any atom is -0.383 e. The zero-order chi connectivity index (χ0) is 13.3.